The van der Waals surface area contributed by atoms with E-state index < -0.39 is 0 Å². The molecule has 3 rings (SSSR count). The van der Waals surface area contributed by atoms with Crippen molar-refractivity contribution in [3.8, 4) is 11.9 Å². The molecule has 0 saturated heterocycles. The molecule has 0 radical (unpaired) electrons. The van der Waals surface area contributed by atoms with Gasteiger partial charge in [-0.05, 0) is 23.8 Å². The topological polar surface area (TPSA) is 74.6 Å². The largest absolute Gasteiger partial charge is 0.472 e. The Balaban J connectivity index is 1.91. The summed E-state index contributed by atoms with van der Waals surface area (Å²) < 4.78 is 18.9. The van der Waals surface area contributed by atoms with Crippen LogP contribution in [0.15, 0.2) is 42.9 Å². The average molecular weight is 294 g/mol. The number of hydrogen-bond acceptors (Lipinski definition) is 4. The standard InChI is InChI=1S/C16H11FN4O/c17-13-5-1-3-11(7-13)9-22-16-14-12(4-2-6-18)8-19-15(14)20-10-21-16/h1-5,7-8,10H,9H2,(H,19,20,21)/b4-2+. The number of fused-ring (bicyclic) bond motifs is 1. The lowest BCUT2D eigenvalue weighted by Gasteiger charge is -2.06. The van der Waals surface area contributed by atoms with Gasteiger partial charge in [-0.25, -0.2) is 14.4 Å². The number of H-pyrrole nitrogens is 1. The summed E-state index contributed by atoms with van der Waals surface area (Å²) in [5.74, 6) is 0.0707. The zero-order valence-electron chi connectivity index (χ0n) is 11.5. The molecular weight excluding hydrogens is 283 g/mol. The van der Waals surface area contributed by atoms with E-state index in [0.717, 1.165) is 5.56 Å². The lowest BCUT2D eigenvalue weighted by atomic mass is 10.2. The van der Waals surface area contributed by atoms with Crippen LogP contribution < -0.4 is 4.74 Å². The van der Waals surface area contributed by atoms with E-state index in [-0.39, 0.29) is 12.4 Å². The van der Waals surface area contributed by atoms with Crippen LogP contribution in [0.3, 0.4) is 0 Å². The van der Waals surface area contributed by atoms with E-state index in [1.807, 2.05) is 6.07 Å². The summed E-state index contributed by atoms with van der Waals surface area (Å²) in [6.07, 6.45) is 6.13. The molecule has 0 amide bonds. The van der Waals surface area contributed by atoms with Crippen molar-refractivity contribution in [3.05, 3.63) is 59.8 Å². The van der Waals surface area contributed by atoms with Crippen molar-refractivity contribution < 1.29 is 9.13 Å². The molecule has 22 heavy (non-hydrogen) atoms. The third-order valence-electron chi connectivity index (χ3n) is 3.07. The van der Waals surface area contributed by atoms with E-state index in [9.17, 15) is 4.39 Å². The van der Waals surface area contributed by atoms with Gasteiger partial charge in [0, 0.05) is 17.8 Å². The molecular formula is C16H11FN4O. The molecule has 1 N–H and O–H groups in total. The Kier molecular flexibility index (Phi) is 3.79. The van der Waals surface area contributed by atoms with Crippen LogP contribution in [-0.4, -0.2) is 15.0 Å². The second-order valence-corrected chi connectivity index (χ2v) is 4.53. The van der Waals surface area contributed by atoms with Gasteiger partial charge < -0.3 is 9.72 Å². The molecule has 0 atom stereocenters. The van der Waals surface area contributed by atoms with Crippen LogP contribution in [0.4, 0.5) is 4.39 Å². The summed E-state index contributed by atoms with van der Waals surface area (Å²) in [5, 5.41) is 9.33. The number of nitrogens with zero attached hydrogens (tertiary/aromatic N) is 3. The first-order chi connectivity index (χ1) is 10.8. The molecule has 0 spiro atoms. The van der Waals surface area contributed by atoms with Gasteiger partial charge >= 0.3 is 0 Å². The predicted molar refractivity (Wildman–Crippen MR) is 79.3 cm³/mol. The van der Waals surface area contributed by atoms with Crippen molar-refractivity contribution >= 4 is 17.1 Å². The van der Waals surface area contributed by atoms with Gasteiger partial charge in [0.2, 0.25) is 5.88 Å². The fourth-order valence-electron chi connectivity index (χ4n) is 2.10. The van der Waals surface area contributed by atoms with Crippen LogP contribution in [0.5, 0.6) is 5.88 Å². The number of rotatable bonds is 4. The van der Waals surface area contributed by atoms with Gasteiger partial charge in [0.25, 0.3) is 0 Å². The first kappa shape index (κ1) is 13.8. The molecule has 2 aromatic heterocycles. The minimum atomic E-state index is -0.312. The minimum absolute atomic E-state index is 0.191. The molecule has 1 aromatic carbocycles. The number of benzene rings is 1. The van der Waals surface area contributed by atoms with Gasteiger partial charge in [-0.15, -0.1) is 0 Å². The van der Waals surface area contributed by atoms with Gasteiger partial charge in [-0.2, -0.15) is 5.26 Å². The zero-order chi connectivity index (χ0) is 15.4. The number of aromatic nitrogens is 3. The van der Waals surface area contributed by atoms with E-state index in [2.05, 4.69) is 15.0 Å². The summed E-state index contributed by atoms with van der Waals surface area (Å²) in [6.45, 7) is 0.191. The number of ether oxygens (including phenoxy) is 1. The third kappa shape index (κ3) is 2.79. The fraction of sp³-hybridized carbons (Fsp3) is 0.0625. The molecule has 108 valence electrons. The predicted octanol–water partition coefficient (Wildman–Crippen LogP) is 3.21. The molecule has 2 heterocycles. The van der Waals surface area contributed by atoms with Crippen LogP contribution in [0.2, 0.25) is 0 Å². The molecule has 6 heteroatoms. The first-order valence-electron chi connectivity index (χ1n) is 6.53. The summed E-state index contributed by atoms with van der Waals surface area (Å²) in [4.78, 5) is 11.2. The maximum Gasteiger partial charge on any atom is 0.227 e. The van der Waals surface area contributed by atoms with E-state index in [1.165, 1.54) is 24.5 Å². The van der Waals surface area contributed by atoms with Crippen LogP contribution >= 0.6 is 0 Å². The quantitative estimate of drug-likeness (QED) is 0.750. The van der Waals surface area contributed by atoms with Gasteiger partial charge in [0.15, 0.2) is 0 Å². The van der Waals surface area contributed by atoms with Gasteiger partial charge in [-0.1, -0.05) is 12.1 Å². The number of hydrogen-bond donors (Lipinski definition) is 1. The molecule has 0 aliphatic rings. The summed E-state index contributed by atoms with van der Waals surface area (Å²) in [7, 11) is 0. The summed E-state index contributed by atoms with van der Waals surface area (Å²) in [6, 6.07) is 8.12. The van der Waals surface area contributed by atoms with Crippen LogP contribution in [-0.2, 0) is 6.61 Å². The zero-order valence-corrected chi connectivity index (χ0v) is 11.5. The van der Waals surface area contributed by atoms with Gasteiger partial charge in [0.05, 0.1) is 11.5 Å². The highest BCUT2D eigenvalue weighted by molar-refractivity contribution is 5.90. The van der Waals surface area contributed by atoms with Crippen molar-refractivity contribution in [2.75, 3.05) is 0 Å². The molecule has 0 aliphatic heterocycles. The van der Waals surface area contributed by atoms with Crippen molar-refractivity contribution in [3.63, 3.8) is 0 Å². The SMILES string of the molecule is N#C/C=C/c1c[nH]c2ncnc(OCc3cccc(F)c3)c12. The Morgan fingerprint density at radius 1 is 1.36 bits per heavy atom. The number of halogens is 1. The Labute approximate surface area is 125 Å². The maximum absolute atomic E-state index is 13.2. The summed E-state index contributed by atoms with van der Waals surface area (Å²) in [5.41, 5.74) is 2.07. The molecule has 0 unspecified atom stereocenters. The second-order valence-electron chi connectivity index (χ2n) is 4.53. The molecule has 0 aliphatic carbocycles. The number of allylic oxidation sites excluding steroid dienone is 1. The average Bonchev–Trinajstić information content (AvgIpc) is 2.95. The van der Waals surface area contributed by atoms with Crippen molar-refractivity contribution in [2.24, 2.45) is 0 Å². The molecule has 5 nitrogen and oxygen atoms in total. The highest BCUT2D eigenvalue weighted by Crippen LogP contribution is 2.26. The molecule has 0 fully saturated rings. The summed E-state index contributed by atoms with van der Waals surface area (Å²) >= 11 is 0. The number of nitrogens with one attached hydrogen (secondary N) is 1. The van der Waals surface area contributed by atoms with Crippen molar-refractivity contribution in [1.29, 1.82) is 5.26 Å². The van der Waals surface area contributed by atoms with Gasteiger partial charge in [0.1, 0.15) is 24.4 Å². The molecule has 0 saturated carbocycles. The highest BCUT2D eigenvalue weighted by Gasteiger charge is 2.11. The van der Waals surface area contributed by atoms with E-state index >= 15 is 0 Å². The fourth-order valence-corrected chi connectivity index (χ4v) is 2.10. The van der Waals surface area contributed by atoms with Crippen LogP contribution in [0, 0.1) is 17.1 Å². The van der Waals surface area contributed by atoms with E-state index in [4.69, 9.17) is 10.00 Å². The highest BCUT2D eigenvalue weighted by atomic mass is 19.1. The normalized spacial score (nSPS) is 10.9. The van der Waals surface area contributed by atoms with Gasteiger partial charge in [-0.3, -0.25) is 0 Å². The molecule has 3 aromatic rings. The Hall–Kier alpha value is -3.20. The van der Waals surface area contributed by atoms with Crippen LogP contribution in [0.1, 0.15) is 11.1 Å². The lowest BCUT2D eigenvalue weighted by Crippen LogP contribution is -1.99. The smallest absolute Gasteiger partial charge is 0.227 e. The molecule has 0 bridgehead atoms. The maximum atomic E-state index is 13.2. The Morgan fingerprint density at radius 3 is 3.09 bits per heavy atom. The second kappa shape index (κ2) is 6.06. The Morgan fingerprint density at radius 2 is 2.27 bits per heavy atom. The minimum Gasteiger partial charge on any atom is -0.472 e. The third-order valence-corrected chi connectivity index (χ3v) is 3.07. The van der Waals surface area contributed by atoms with E-state index in [0.29, 0.717) is 22.5 Å². The Bertz CT molecular complexity index is 879. The van der Waals surface area contributed by atoms with Crippen molar-refractivity contribution in [2.45, 2.75) is 6.61 Å². The number of nitriles is 1. The van der Waals surface area contributed by atoms with Crippen LogP contribution in [0.25, 0.3) is 17.1 Å². The number of aromatic amines is 1. The lowest BCUT2D eigenvalue weighted by molar-refractivity contribution is 0.297. The monoisotopic (exact) mass is 294 g/mol. The van der Waals surface area contributed by atoms with Crippen molar-refractivity contribution in [1.82, 2.24) is 15.0 Å². The first-order valence-corrected chi connectivity index (χ1v) is 6.53. The van der Waals surface area contributed by atoms with E-state index in [1.54, 1.807) is 24.4 Å².